The van der Waals surface area contributed by atoms with Crippen LogP contribution in [0.25, 0.3) is 0 Å². The summed E-state index contributed by atoms with van der Waals surface area (Å²) in [6.07, 6.45) is 2.07. The van der Waals surface area contributed by atoms with Crippen LogP contribution in [-0.4, -0.2) is 34.4 Å². The molecule has 28 heavy (non-hydrogen) atoms. The molecule has 3 rings (SSSR count). The molecule has 1 aliphatic heterocycles. The van der Waals surface area contributed by atoms with Gasteiger partial charge in [-0.15, -0.1) is 0 Å². The van der Waals surface area contributed by atoms with Gasteiger partial charge in [-0.3, -0.25) is 14.4 Å². The fraction of sp³-hybridized carbons (Fsp3) is 0.333. The summed E-state index contributed by atoms with van der Waals surface area (Å²) in [5.74, 6) is -0.377. The van der Waals surface area contributed by atoms with E-state index in [0.717, 1.165) is 25.9 Å². The van der Waals surface area contributed by atoms with Gasteiger partial charge < -0.3 is 14.8 Å². The Morgan fingerprint density at radius 2 is 1.79 bits per heavy atom. The van der Waals surface area contributed by atoms with E-state index in [1.807, 2.05) is 11.0 Å². The number of amides is 2. The van der Waals surface area contributed by atoms with Crippen LogP contribution < -0.4 is 10.9 Å². The van der Waals surface area contributed by atoms with Crippen molar-refractivity contribution in [1.82, 2.24) is 9.47 Å². The Kier molecular flexibility index (Phi) is 5.59. The van der Waals surface area contributed by atoms with Gasteiger partial charge in [-0.2, -0.15) is 5.26 Å². The van der Waals surface area contributed by atoms with Gasteiger partial charge in [-0.25, -0.2) is 0 Å². The molecule has 2 heterocycles. The highest BCUT2D eigenvalue weighted by Crippen LogP contribution is 2.15. The van der Waals surface area contributed by atoms with E-state index in [0.29, 0.717) is 22.5 Å². The zero-order valence-corrected chi connectivity index (χ0v) is 16.0. The number of carbonyl (C=O) groups is 2. The van der Waals surface area contributed by atoms with Crippen molar-refractivity contribution in [3.63, 3.8) is 0 Å². The number of aryl methyl sites for hydroxylation is 2. The highest BCUT2D eigenvalue weighted by Gasteiger charge is 2.19. The van der Waals surface area contributed by atoms with E-state index in [4.69, 9.17) is 5.26 Å². The van der Waals surface area contributed by atoms with Crippen molar-refractivity contribution in [3.8, 4) is 6.07 Å². The van der Waals surface area contributed by atoms with E-state index < -0.39 is 5.56 Å². The first-order valence-corrected chi connectivity index (χ1v) is 9.21. The van der Waals surface area contributed by atoms with E-state index in [-0.39, 0.29) is 23.9 Å². The lowest BCUT2D eigenvalue weighted by atomic mass is 10.1. The molecule has 0 unspecified atom stereocenters. The molecule has 2 aromatic rings. The second-order valence-electron chi connectivity index (χ2n) is 6.97. The molecule has 0 spiro atoms. The first-order chi connectivity index (χ1) is 13.4. The average molecular weight is 378 g/mol. The first kappa shape index (κ1) is 19.4. The molecule has 1 aromatic heterocycles. The second kappa shape index (κ2) is 8.09. The number of aromatic nitrogens is 1. The topological polar surface area (TPSA) is 95.2 Å². The molecule has 0 radical (unpaired) electrons. The van der Waals surface area contributed by atoms with E-state index in [2.05, 4.69) is 5.32 Å². The molecule has 0 saturated carbocycles. The molecule has 0 atom stereocenters. The molecule has 0 aliphatic carbocycles. The number of anilines is 1. The van der Waals surface area contributed by atoms with Crippen molar-refractivity contribution in [2.45, 2.75) is 33.2 Å². The molecule has 7 nitrogen and oxygen atoms in total. The van der Waals surface area contributed by atoms with Crippen molar-refractivity contribution in [3.05, 3.63) is 63.1 Å². The normalized spacial score (nSPS) is 13.2. The van der Waals surface area contributed by atoms with Crippen molar-refractivity contribution < 1.29 is 9.59 Å². The van der Waals surface area contributed by atoms with Gasteiger partial charge in [0.25, 0.3) is 11.5 Å². The molecule has 1 N–H and O–H groups in total. The fourth-order valence-corrected chi connectivity index (χ4v) is 3.40. The van der Waals surface area contributed by atoms with Gasteiger partial charge in [0.15, 0.2) is 0 Å². The Morgan fingerprint density at radius 1 is 1.14 bits per heavy atom. The van der Waals surface area contributed by atoms with Crippen LogP contribution in [0.5, 0.6) is 0 Å². The zero-order chi connectivity index (χ0) is 20.3. The van der Waals surface area contributed by atoms with Crippen LogP contribution in [0.1, 0.15) is 40.0 Å². The smallest absolute Gasteiger partial charge is 0.269 e. The highest BCUT2D eigenvalue weighted by molar-refractivity contribution is 5.96. The Labute approximate surface area is 163 Å². The molecule has 2 amide bonds. The molecule has 1 aliphatic rings. The van der Waals surface area contributed by atoms with Crippen LogP contribution >= 0.6 is 0 Å². The summed E-state index contributed by atoms with van der Waals surface area (Å²) in [7, 11) is 0. The van der Waals surface area contributed by atoms with Crippen LogP contribution in [0.4, 0.5) is 5.69 Å². The third-order valence-corrected chi connectivity index (χ3v) is 4.93. The molecular formula is C21H22N4O3. The Morgan fingerprint density at radius 3 is 2.39 bits per heavy atom. The maximum Gasteiger partial charge on any atom is 0.269 e. The monoisotopic (exact) mass is 378 g/mol. The summed E-state index contributed by atoms with van der Waals surface area (Å²) in [4.78, 5) is 38.9. The number of nitrogens with zero attached hydrogens (tertiary/aromatic N) is 3. The molecule has 144 valence electrons. The van der Waals surface area contributed by atoms with Gasteiger partial charge in [0, 0.05) is 30.0 Å². The maximum absolute atomic E-state index is 12.4. The molecule has 0 bridgehead atoms. The van der Waals surface area contributed by atoms with Crippen LogP contribution in [0.2, 0.25) is 0 Å². The lowest BCUT2D eigenvalue weighted by molar-refractivity contribution is -0.116. The highest BCUT2D eigenvalue weighted by atomic mass is 16.2. The molecule has 7 heteroatoms. The van der Waals surface area contributed by atoms with Gasteiger partial charge in [0.2, 0.25) is 5.91 Å². The van der Waals surface area contributed by atoms with Gasteiger partial charge in [-0.05, 0) is 62.6 Å². The Balaban J connectivity index is 1.70. The van der Waals surface area contributed by atoms with Crippen LogP contribution in [0, 0.1) is 25.2 Å². The number of nitriles is 1. The summed E-state index contributed by atoms with van der Waals surface area (Å²) in [5, 5.41) is 11.9. The number of likely N-dealkylation sites (tertiary alicyclic amines) is 1. The minimum atomic E-state index is -0.471. The standard InChI is InChI=1S/C21H22N4O3/c1-14-11-15(2)25(21(28)18(14)12-22)13-19(26)23-17-7-5-16(6-8-17)20(27)24-9-3-4-10-24/h5-8,11H,3-4,9-10,13H2,1-2H3,(H,23,26). The number of nitrogens with one attached hydrogen (secondary N) is 1. The molecule has 1 fully saturated rings. The average Bonchev–Trinajstić information content (AvgIpc) is 3.20. The summed E-state index contributed by atoms with van der Waals surface area (Å²) >= 11 is 0. The van der Waals surface area contributed by atoms with Crippen molar-refractivity contribution >= 4 is 17.5 Å². The Bertz CT molecular complexity index is 1010. The largest absolute Gasteiger partial charge is 0.339 e. The van der Waals surface area contributed by atoms with Crippen molar-refractivity contribution in [2.75, 3.05) is 18.4 Å². The predicted octanol–water partition coefficient (Wildman–Crippen LogP) is 2.21. The molecule has 1 saturated heterocycles. The fourth-order valence-electron chi connectivity index (χ4n) is 3.40. The van der Waals surface area contributed by atoms with E-state index in [1.54, 1.807) is 44.2 Å². The lowest BCUT2D eigenvalue weighted by Crippen LogP contribution is -2.31. The maximum atomic E-state index is 12.4. The molecule has 1 aromatic carbocycles. The number of rotatable bonds is 4. The van der Waals surface area contributed by atoms with Crippen LogP contribution in [0.15, 0.2) is 35.1 Å². The van der Waals surface area contributed by atoms with E-state index in [9.17, 15) is 14.4 Å². The number of carbonyl (C=O) groups excluding carboxylic acids is 2. The third kappa shape index (κ3) is 3.96. The Hall–Kier alpha value is -3.40. The van der Waals surface area contributed by atoms with Crippen molar-refractivity contribution in [1.29, 1.82) is 5.26 Å². The SMILES string of the molecule is Cc1cc(C)n(CC(=O)Nc2ccc(C(=O)N3CCCC3)cc2)c(=O)c1C#N. The number of pyridine rings is 1. The van der Waals surface area contributed by atoms with Gasteiger partial charge in [-0.1, -0.05) is 0 Å². The first-order valence-electron chi connectivity index (χ1n) is 9.21. The zero-order valence-electron chi connectivity index (χ0n) is 16.0. The summed E-state index contributed by atoms with van der Waals surface area (Å²) in [6, 6.07) is 10.3. The summed E-state index contributed by atoms with van der Waals surface area (Å²) < 4.78 is 1.28. The quantitative estimate of drug-likeness (QED) is 0.882. The number of hydrogen-bond acceptors (Lipinski definition) is 4. The van der Waals surface area contributed by atoms with E-state index in [1.165, 1.54) is 4.57 Å². The number of benzene rings is 1. The van der Waals surface area contributed by atoms with E-state index >= 15 is 0 Å². The lowest BCUT2D eigenvalue weighted by Gasteiger charge is -2.15. The number of hydrogen-bond donors (Lipinski definition) is 1. The predicted molar refractivity (Wildman–Crippen MR) is 105 cm³/mol. The summed E-state index contributed by atoms with van der Waals surface area (Å²) in [5.41, 5.74) is 1.92. The van der Waals surface area contributed by atoms with Gasteiger partial charge in [0.05, 0.1) is 0 Å². The van der Waals surface area contributed by atoms with Gasteiger partial charge in [0.1, 0.15) is 18.2 Å². The minimum absolute atomic E-state index is 0.00115. The minimum Gasteiger partial charge on any atom is -0.339 e. The molecular weight excluding hydrogens is 356 g/mol. The van der Waals surface area contributed by atoms with Crippen LogP contribution in [0.3, 0.4) is 0 Å². The van der Waals surface area contributed by atoms with Crippen molar-refractivity contribution in [2.24, 2.45) is 0 Å². The second-order valence-corrected chi connectivity index (χ2v) is 6.97. The van der Waals surface area contributed by atoms with Crippen LogP contribution in [-0.2, 0) is 11.3 Å². The summed E-state index contributed by atoms with van der Waals surface area (Å²) in [6.45, 7) is 4.80. The van der Waals surface area contributed by atoms with Gasteiger partial charge >= 0.3 is 0 Å². The third-order valence-electron chi connectivity index (χ3n) is 4.93.